The lowest BCUT2D eigenvalue weighted by Crippen LogP contribution is -2.26. The zero-order chi connectivity index (χ0) is 25.3. The number of benzene rings is 3. The van der Waals surface area contributed by atoms with E-state index in [9.17, 15) is 0 Å². The van der Waals surface area contributed by atoms with Gasteiger partial charge in [0.15, 0.2) is 0 Å². The Balaban J connectivity index is 1.68. The van der Waals surface area contributed by atoms with Crippen LogP contribution in [-0.4, -0.2) is 43.2 Å². The van der Waals surface area contributed by atoms with Crippen LogP contribution in [0, 0.1) is 0 Å². The van der Waals surface area contributed by atoms with Crippen molar-refractivity contribution in [1.82, 2.24) is 14.8 Å². The van der Waals surface area contributed by atoms with Gasteiger partial charge >= 0.3 is 0 Å². The number of hydrogen-bond acceptors (Lipinski definition) is 8. The first-order chi connectivity index (χ1) is 17.6. The molecular weight excluding hydrogens is 458 g/mol. The highest BCUT2D eigenvalue weighted by molar-refractivity contribution is 5.42. The number of methoxy groups -OCH3 is 3. The van der Waals surface area contributed by atoms with Gasteiger partial charge in [-0.3, -0.25) is 4.84 Å². The van der Waals surface area contributed by atoms with Crippen LogP contribution in [0.5, 0.6) is 17.2 Å². The van der Waals surface area contributed by atoms with Crippen LogP contribution in [0.2, 0.25) is 0 Å². The fraction of sp³-hybridized carbons (Fsp3) is 0.259. The molecule has 0 saturated carbocycles. The first-order valence-corrected chi connectivity index (χ1v) is 11.5. The Morgan fingerprint density at radius 2 is 1.11 bits per heavy atom. The van der Waals surface area contributed by atoms with Crippen molar-refractivity contribution < 1.29 is 19.0 Å². The van der Waals surface area contributed by atoms with E-state index in [4.69, 9.17) is 24.0 Å². The zero-order valence-electron chi connectivity index (χ0n) is 21.0. The van der Waals surface area contributed by atoms with Gasteiger partial charge in [0.25, 0.3) is 5.95 Å². The molecule has 9 heteroatoms. The molecule has 0 spiro atoms. The van der Waals surface area contributed by atoms with Crippen LogP contribution in [0.25, 0.3) is 0 Å². The van der Waals surface area contributed by atoms with Crippen LogP contribution in [0.1, 0.15) is 16.7 Å². The summed E-state index contributed by atoms with van der Waals surface area (Å²) in [7, 11) is 6.52. The van der Waals surface area contributed by atoms with E-state index in [1.54, 1.807) is 21.3 Å². The largest absolute Gasteiger partial charge is 0.497 e. The highest BCUT2D eigenvalue weighted by Gasteiger charge is 2.19. The Labute approximate surface area is 211 Å². The lowest BCUT2D eigenvalue weighted by atomic mass is 10.1. The zero-order valence-corrected chi connectivity index (χ0v) is 21.0. The number of aromatic nitrogens is 3. The molecular formula is C27H31N5O4. The van der Waals surface area contributed by atoms with E-state index in [0.717, 1.165) is 33.9 Å². The van der Waals surface area contributed by atoms with Crippen LogP contribution >= 0.6 is 0 Å². The molecule has 3 aromatic carbocycles. The Bertz CT molecular complexity index is 1180. The van der Waals surface area contributed by atoms with E-state index < -0.39 is 0 Å². The van der Waals surface area contributed by atoms with Crippen molar-refractivity contribution in [1.29, 1.82) is 0 Å². The Hall–Kier alpha value is -4.24. The SMILES string of the molecule is CONc1nc(N(Cc2ccc(OC)cc2)Cc2ccc(OC)cc2)n(Cc2ccc(OC)cc2)n1. The maximum absolute atomic E-state index is 5.33. The summed E-state index contributed by atoms with van der Waals surface area (Å²) in [5, 5.41) is 4.65. The highest BCUT2D eigenvalue weighted by atomic mass is 16.6. The topological polar surface area (TPSA) is 82.9 Å². The van der Waals surface area contributed by atoms with Gasteiger partial charge in [0.1, 0.15) is 17.2 Å². The van der Waals surface area contributed by atoms with Gasteiger partial charge in [0, 0.05) is 13.1 Å². The first kappa shape index (κ1) is 24.9. The fourth-order valence-electron chi connectivity index (χ4n) is 3.81. The second-order valence-corrected chi connectivity index (χ2v) is 8.10. The third-order valence-corrected chi connectivity index (χ3v) is 5.68. The molecule has 0 atom stereocenters. The van der Waals surface area contributed by atoms with E-state index in [2.05, 4.69) is 39.7 Å². The summed E-state index contributed by atoms with van der Waals surface area (Å²) in [4.78, 5) is 12.0. The summed E-state index contributed by atoms with van der Waals surface area (Å²) in [6.07, 6.45) is 0. The molecule has 0 amide bonds. The van der Waals surface area contributed by atoms with Crippen LogP contribution in [0.4, 0.5) is 11.9 Å². The third kappa shape index (κ3) is 6.25. The lowest BCUT2D eigenvalue weighted by molar-refractivity contribution is 0.267. The van der Waals surface area contributed by atoms with Crippen molar-refractivity contribution in [2.75, 3.05) is 38.8 Å². The van der Waals surface area contributed by atoms with Crippen molar-refractivity contribution in [3.8, 4) is 17.2 Å². The van der Waals surface area contributed by atoms with Crippen LogP contribution in [0.15, 0.2) is 72.8 Å². The molecule has 9 nitrogen and oxygen atoms in total. The Kier molecular flexibility index (Phi) is 8.25. The second-order valence-electron chi connectivity index (χ2n) is 8.10. The molecule has 188 valence electrons. The van der Waals surface area contributed by atoms with Gasteiger partial charge in [-0.05, 0) is 53.1 Å². The number of rotatable bonds is 12. The van der Waals surface area contributed by atoms with Gasteiger partial charge in [-0.1, -0.05) is 36.4 Å². The van der Waals surface area contributed by atoms with Gasteiger partial charge in [-0.15, -0.1) is 5.10 Å². The molecule has 4 aromatic rings. The quantitative estimate of drug-likeness (QED) is 0.291. The molecule has 36 heavy (non-hydrogen) atoms. The lowest BCUT2D eigenvalue weighted by Gasteiger charge is -2.24. The molecule has 0 fully saturated rings. The minimum absolute atomic E-state index is 0.385. The monoisotopic (exact) mass is 489 g/mol. The second kappa shape index (κ2) is 11.9. The average Bonchev–Trinajstić information content (AvgIpc) is 3.31. The van der Waals surface area contributed by atoms with E-state index >= 15 is 0 Å². The molecule has 0 aliphatic heterocycles. The molecule has 4 rings (SSSR count). The van der Waals surface area contributed by atoms with Gasteiger partial charge in [0.05, 0.1) is 35.0 Å². The predicted octanol–water partition coefficient (Wildman–Crippen LogP) is 4.53. The van der Waals surface area contributed by atoms with Gasteiger partial charge in [-0.2, -0.15) is 4.98 Å². The van der Waals surface area contributed by atoms with Crippen LogP contribution in [0.3, 0.4) is 0 Å². The fourth-order valence-corrected chi connectivity index (χ4v) is 3.81. The molecule has 0 bridgehead atoms. The summed E-state index contributed by atoms with van der Waals surface area (Å²) in [5.74, 6) is 3.52. The normalized spacial score (nSPS) is 10.7. The summed E-state index contributed by atoms with van der Waals surface area (Å²) < 4.78 is 17.8. The number of nitrogens with one attached hydrogen (secondary N) is 1. The molecule has 1 heterocycles. The molecule has 0 aliphatic carbocycles. The molecule has 0 unspecified atom stereocenters. The summed E-state index contributed by atoms with van der Waals surface area (Å²) in [6.45, 7) is 1.76. The minimum Gasteiger partial charge on any atom is -0.497 e. The van der Waals surface area contributed by atoms with Crippen LogP contribution in [-0.2, 0) is 24.5 Å². The van der Waals surface area contributed by atoms with E-state index in [1.807, 2.05) is 53.2 Å². The summed E-state index contributed by atoms with van der Waals surface area (Å²) >= 11 is 0. The average molecular weight is 490 g/mol. The number of ether oxygens (including phenoxy) is 3. The maximum Gasteiger partial charge on any atom is 0.267 e. The van der Waals surface area contributed by atoms with Crippen molar-refractivity contribution >= 4 is 11.9 Å². The van der Waals surface area contributed by atoms with E-state index in [1.165, 1.54) is 7.11 Å². The Morgan fingerprint density at radius 3 is 1.53 bits per heavy atom. The molecule has 1 N–H and O–H groups in total. The predicted molar refractivity (Wildman–Crippen MR) is 139 cm³/mol. The molecule has 0 aliphatic rings. The maximum atomic E-state index is 5.33. The van der Waals surface area contributed by atoms with Gasteiger partial charge < -0.3 is 19.1 Å². The van der Waals surface area contributed by atoms with Crippen molar-refractivity contribution in [2.24, 2.45) is 0 Å². The highest BCUT2D eigenvalue weighted by Crippen LogP contribution is 2.24. The van der Waals surface area contributed by atoms with E-state index in [0.29, 0.717) is 31.5 Å². The number of nitrogens with zero attached hydrogens (tertiary/aromatic N) is 4. The van der Waals surface area contributed by atoms with Crippen molar-refractivity contribution in [3.05, 3.63) is 89.5 Å². The molecule has 1 aromatic heterocycles. The number of anilines is 2. The third-order valence-electron chi connectivity index (χ3n) is 5.68. The molecule has 0 saturated heterocycles. The van der Waals surface area contributed by atoms with Crippen molar-refractivity contribution in [3.63, 3.8) is 0 Å². The van der Waals surface area contributed by atoms with Gasteiger partial charge in [0.2, 0.25) is 5.95 Å². The minimum atomic E-state index is 0.385. The molecule has 0 radical (unpaired) electrons. The standard InChI is InChI=1S/C27H31N5O4/c1-33-23-11-5-20(6-12-23)17-31(18-21-7-13-24(34-2)14-8-21)27-28-26(30-36-4)29-32(27)19-22-9-15-25(35-3)16-10-22/h5-16H,17-19H2,1-4H3,(H,29,30). The van der Waals surface area contributed by atoms with Gasteiger partial charge in [-0.25, -0.2) is 10.2 Å². The Morgan fingerprint density at radius 1 is 0.667 bits per heavy atom. The van der Waals surface area contributed by atoms with Crippen molar-refractivity contribution in [2.45, 2.75) is 19.6 Å². The van der Waals surface area contributed by atoms with E-state index in [-0.39, 0.29) is 0 Å². The first-order valence-electron chi connectivity index (χ1n) is 11.5. The van der Waals surface area contributed by atoms with Crippen LogP contribution < -0.4 is 24.6 Å². The number of hydrogen-bond donors (Lipinski definition) is 1. The summed E-state index contributed by atoms with van der Waals surface area (Å²) in [6, 6.07) is 24.0. The smallest absolute Gasteiger partial charge is 0.267 e. The summed E-state index contributed by atoms with van der Waals surface area (Å²) in [5.41, 5.74) is 6.06.